The summed E-state index contributed by atoms with van der Waals surface area (Å²) in [7, 11) is 0. The molecule has 0 saturated carbocycles. The van der Waals surface area contributed by atoms with Gasteiger partial charge in [0.15, 0.2) is 12.5 Å². The molecule has 2 aromatic carbocycles. The van der Waals surface area contributed by atoms with Crippen molar-refractivity contribution in [3.63, 3.8) is 0 Å². The first-order valence-corrected chi connectivity index (χ1v) is 7.74. The van der Waals surface area contributed by atoms with Gasteiger partial charge in [-0.15, -0.1) is 0 Å². The monoisotopic (exact) mass is 309 g/mol. The van der Waals surface area contributed by atoms with Crippen molar-refractivity contribution >= 4 is 12.2 Å². The van der Waals surface area contributed by atoms with Crippen LogP contribution in [0, 0.1) is 0 Å². The fraction of sp³-hybridized carbons (Fsp3) is 0.263. The highest BCUT2D eigenvalue weighted by Crippen LogP contribution is 2.21. The van der Waals surface area contributed by atoms with Crippen LogP contribution in [-0.2, 0) is 27.2 Å². The van der Waals surface area contributed by atoms with Crippen molar-refractivity contribution in [1.82, 2.24) is 4.90 Å². The molecule has 23 heavy (non-hydrogen) atoms. The van der Waals surface area contributed by atoms with Gasteiger partial charge >= 0.3 is 0 Å². The number of carbonyl (C=O) groups excluding carboxylic acids is 2. The maximum absolute atomic E-state index is 12.7. The number of nitrogens with zero attached hydrogens (tertiary/aromatic N) is 1. The Morgan fingerprint density at radius 1 is 1.04 bits per heavy atom. The number of aldehydes is 1. The third-order valence-electron chi connectivity index (χ3n) is 4.04. The molecule has 2 unspecified atom stereocenters. The minimum Gasteiger partial charge on any atom is -0.349 e. The largest absolute Gasteiger partial charge is 0.349 e. The lowest BCUT2D eigenvalue weighted by Gasteiger charge is -2.26. The van der Waals surface area contributed by atoms with Crippen LogP contribution in [0.4, 0.5) is 0 Å². The quantitative estimate of drug-likeness (QED) is 0.796. The Morgan fingerprint density at radius 3 is 2.26 bits per heavy atom. The zero-order valence-corrected chi connectivity index (χ0v) is 12.8. The number of carbonyl (C=O) groups is 2. The van der Waals surface area contributed by atoms with Gasteiger partial charge in [-0.25, -0.2) is 0 Å². The standard InChI is InChI=1S/C19H19NO3/c21-13-19-20(18(22)12-16-9-5-2-6-10-16)17(14-23-19)11-15-7-3-1-4-8-15/h1-10,13,17,19H,11-12,14H2. The molecule has 1 heterocycles. The Hall–Kier alpha value is -2.46. The maximum Gasteiger partial charge on any atom is 0.229 e. The number of hydrogen-bond donors (Lipinski definition) is 0. The average molecular weight is 309 g/mol. The minimum atomic E-state index is -0.778. The Morgan fingerprint density at radius 2 is 1.65 bits per heavy atom. The first kappa shape index (κ1) is 15.4. The number of benzene rings is 2. The molecule has 1 aliphatic heterocycles. The van der Waals surface area contributed by atoms with E-state index in [1.54, 1.807) is 4.90 Å². The van der Waals surface area contributed by atoms with Crippen LogP contribution in [0.5, 0.6) is 0 Å². The molecular weight excluding hydrogens is 290 g/mol. The first-order chi connectivity index (χ1) is 11.3. The van der Waals surface area contributed by atoms with E-state index in [1.165, 1.54) is 0 Å². The molecule has 3 rings (SSSR count). The highest BCUT2D eigenvalue weighted by atomic mass is 16.5. The summed E-state index contributed by atoms with van der Waals surface area (Å²) in [6.45, 7) is 0.388. The van der Waals surface area contributed by atoms with Crippen LogP contribution in [0.2, 0.25) is 0 Å². The molecule has 0 spiro atoms. The van der Waals surface area contributed by atoms with Crippen LogP contribution < -0.4 is 0 Å². The lowest BCUT2D eigenvalue weighted by Crippen LogP contribution is -2.44. The number of amides is 1. The molecular formula is C19H19NO3. The van der Waals surface area contributed by atoms with Crippen molar-refractivity contribution in [1.29, 1.82) is 0 Å². The average Bonchev–Trinajstić information content (AvgIpc) is 2.99. The van der Waals surface area contributed by atoms with E-state index in [-0.39, 0.29) is 18.4 Å². The molecule has 2 atom stereocenters. The van der Waals surface area contributed by atoms with Crippen LogP contribution in [0.15, 0.2) is 60.7 Å². The number of hydrogen-bond acceptors (Lipinski definition) is 3. The molecule has 0 N–H and O–H groups in total. The molecule has 4 nitrogen and oxygen atoms in total. The predicted molar refractivity (Wildman–Crippen MR) is 86.7 cm³/mol. The Bertz CT molecular complexity index is 657. The van der Waals surface area contributed by atoms with Crippen molar-refractivity contribution in [3.8, 4) is 0 Å². The van der Waals surface area contributed by atoms with Crippen molar-refractivity contribution in [2.24, 2.45) is 0 Å². The van der Waals surface area contributed by atoms with E-state index >= 15 is 0 Å². The third-order valence-corrected chi connectivity index (χ3v) is 4.04. The van der Waals surface area contributed by atoms with Crippen molar-refractivity contribution < 1.29 is 14.3 Å². The summed E-state index contributed by atoms with van der Waals surface area (Å²) in [5.74, 6) is -0.0771. The molecule has 0 aliphatic carbocycles. The van der Waals surface area contributed by atoms with Crippen LogP contribution in [0.1, 0.15) is 11.1 Å². The van der Waals surface area contributed by atoms with Gasteiger partial charge in [-0.1, -0.05) is 60.7 Å². The summed E-state index contributed by atoms with van der Waals surface area (Å²) in [5.41, 5.74) is 2.07. The second-order valence-corrected chi connectivity index (χ2v) is 5.67. The molecule has 1 fully saturated rings. The van der Waals surface area contributed by atoms with Gasteiger partial charge in [-0.3, -0.25) is 9.59 Å². The van der Waals surface area contributed by atoms with E-state index in [4.69, 9.17) is 4.74 Å². The molecule has 1 saturated heterocycles. The van der Waals surface area contributed by atoms with E-state index in [0.717, 1.165) is 11.1 Å². The zero-order valence-electron chi connectivity index (χ0n) is 12.8. The highest BCUT2D eigenvalue weighted by Gasteiger charge is 2.37. The van der Waals surface area contributed by atoms with Gasteiger partial charge in [0.25, 0.3) is 0 Å². The normalized spacial score (nSPS) is 20.4. The topological polar surface area (TPSA) is 46.6 Å². The number of rotatable bonds is 5. The second-order valence-electron chi connectivity index (χ2n) is 5.67. The van der Waals surface area contributed by atoms with Crippen LogP contribution in [-0.4, -0.2) is 36.0 Å². The summed E-state index contributed by atoms with van der Waals surface area (Å²) < 4.78 is 5.50. The molecule has 1 aliphatic rings. The second kappa shape index (κ2) is 7.20. The first-order valence-electron chi connectivity index (χ1n) is 7.74. The van der Waals surface area contributed by atoms with E-state index in [1.807, 2.05) is 60.7 Å². The Kier molecular flexibility index (Phi) is 4.83. The van der Waals surface area contributed by atoms with Gasteiger partial charge in [-0.2, -0.15) is 0 Å². The van der Waals surface area contributed by atoms with E-state index in [2.05, 4.69) is 0 Å². The summed E-state index contributed by atoms with van der Waals surface area (Å²) in [5, 5.41) is 0. The zero-order chi connectivity index (χ0) is 16.1. The van der Waals surface area contributed by atoms with Gasteiger partial charge in [0.05, 0.1) is 19.1 Å². The van der Waals surface area contributed by atoms with Gasteiger partial charge in [0, 0.05) is 0 Å². The molecule has 2 aromatic rings. The minimum absolute atomic E-state index is 0.0771. The molecule has 4 heteroatoms. The SMILES string of the molecule is O=CC1OCC(Cc2ccccc2)N1C(=O)Cc1ccccc1. The molecule has 0 radical (unpaired) electrons. The van der Waals surface area contributed by atoms with E-state index < -0.39 is 6.23 Å². The predicted octanol–water partition coefficient (Wildman–Crippen LogP) is 2.22. The fourth-order valence-electron chi connectivity index (χ4n) is 2.93. The number of ether oxygens (including phenoxy) is 1. The van der Waals surface area contributed by atoms with E-state index in [0.29, 0.717) is 19.3 Å². The Balaban J connectivity index is 1.74. The summed E-state index contributed by atoms with van der Waals surface area (Å²) in [6, 6.07) is 19.4. The smallest absolute Gasteiger partial charge is 0.229 e. The van der Waals surface area contributed by atoms with Crippen molar-refractivity contribution in [3.05, 3.63) is 71.8 Å². The summed E-state index contributed by atoms with van der Waals surface area (Å²) >= 11 is 0. The van der Waals surface area contributed by atoms with Crippen LogP contribution in [0.3, 0.4) is 0 Å². The van der Waals surface area contributed by atoms with Gasteiger partial charge in [0.1, 0.15) is 0 Å². The Labute approximate surface area is 135 Å². The highest BCUT2D eigenvalue weighted by molar-refractivity contribution is 5.82. The maximum atomic E-state index is 12.7. The molecule has 0 aromatic heterocycles. The summed E-state index contributed by atoms with van der Waals surface area (Å²) in [4.78, 5) is 25.5. The summed E-state index contributed by atoms with van der Waals surface area (Å²) in [6.07, 6.45) is 0.888. The lowest BCUT2D eigenvalue weighted by molar-refractivity contribution is -0.141. The van der Waals surface area contributed by atoms with Crippen LogP contribution in [0.25, 0.3) is 0 Å². The van der Waals surface area contributed by atoms with Crippen molar-refractivity contribution in [2.75, 3.05) is 6.61 Å². The molecule has 0 bridgehead atoms. The third kappa shape index (κ3) is 3.66. The van der Waals surface area contributed by atoms with Gasteiger partial charge in [-0.05, 0) is 17.5 Å². The van der Waals surface area contributed by atoms with Gasteiger partial charge in [0.2, 0.25) is 5.91 Å². The molecule has 1 amide bonds. The lowest BCUT2D eigenvalue weighted by atomic mass is 10.0. The fourth-order valence-corrected chi connectivity index (χ4v) is 2.93. The van der Waals surface area contributed by atoms with Crippen molar-refractivity contribution in [2.45, 2.75) is 25.1 Å². The van der Waals surface area contributed by atoms with E-state index in [9.17, 15) is 9.59 Å². The van der Waals surface area contributed by atoms with Crippen LogP contribution >= 0.6 is 0 Å². The van der Waals surface area contributed by atoms with Gasteiger partial charge < -0.3 is 9.64 Å². The molecule has 118 valence electrons.